The molecule has 2 aliphatic rings. The van der Waals surface area contributed by atoms with E-state index in [1.807, 2.05) is 17.8 Å². The topological polar surface area (TPSA) is 58.2 Å². The molecule has 2 aliphatic heterocycles. The fraction of sp³-hybridized carbons (Fsp3) is 0.571. The standard InChI is InChI=1S/C14H20N2O2S2/c17-20(18,16-10-13-3-1-2-6-19-13)14-5-4-11-8-15-9-12(11)7-14/h4-5,7,13,15-16H,1-3,6,8-10H2. The fourth-order valence-electron chi connectivity index (χ4n) is 2.69. The SMILES string of the molecule is O=S(=O)(NCC1CCCCS1)c1ccc2c(c1)CNC2. The lowest BCUT2D eigenvalue weighted by molar-refractivity contribution is 0.573. The molecule has 0 aromatic heterocycles. The van der Waals surface area contributed by atoms with E-state index in [1.54, 1.807) is 12.1 Å². The summed E-state index contributed by atoms with van der Waals surface area (Å²) < 4.78 is 27.4. The van der Waals surface area contributed by atoms with Crippen molar-refractivity contribution in [1.29, 1.82) is 0 Å². The zero-order valence-electron chi connectivity index (χ0n) is 11.4. The van der Waals surface area contributed by atoms with Crippen molar-refractivity contribution in [3.8, 4) is 0 Å². The molecule has 3 rings (SSSR count). The Balaban J connectivity index is 1.68. The highest BCUT2D eigenvalue weighted by Crippen LogP contribution is 2.25. The zero-order chi connectivity index (χ0) is 14.0. The van der Waals surface area contributed by atoms with E-state index in [0.717, 1.165) is 30.8 Å². The van der Waals surface area contributed by atoms with Crippen molar-refractivity contribution in [3.05, 3.63) is 29.3 Å². The number of sulfonamides is 1. The van der Waals surface area contributed by atoms with Crippen LogP contribution in [0.4, 0.5) is 0 Å². The summed E-state index contributed by atoms with van der Waals surface area (Å²) >= 11 is 1.88. The molecule has 1 aromatic rings. The Kier molecular flexibility index (Phi) is 4.35. The smallest absolute Gasteiger partial charge is 0.240 e. The van der Waals surface area contributed by atoms with Gasteiger partial charge in [-0.25, -0.2) is 13.1 Å². The van der Waals surface area contributed by atoms with E-state index < -0.39 is 10.0 Å². The monoisotopic (exact) mass is 312 g/mol. The predicted molar refractivity (Wildman–Crippen MR) is 82.3 cm³/mol. The molecule has 4 nitrogen and oxygen atoms in total. The molecule has 1 atom stereocenters. The van der Waals surface area contributed by atoms with Crippen molar-refractivity contribution in [2.45, 2.75) is 42.5 Å². The molecule has 0 aliphatic carbocycles. The maximum Gasteiger partial charge on any atom is 0.240 e. The van der Waals surface area contributed by atoms with Gasteiger partial charge >= 0.3 is 0 Å². The van der Waals surface area contributed by atoms with Crippen molar-refractivity contribution < 1.29 is 8.42 Å². The molecular formula is C14H20N2O2S2. The van der Waals surface area contributed by atoms with E-state index in [0.29, 0.717) is 16.7 Å². The predicted octanol–water partition coefficient (Wildman–Crippen LogP) is 1.85. The molecule has 0 spiro atoms. The van der Waals surface area contributed by atoms with E-state index in [-0.39, 0.29) is 0 Å². The minimum atomic E-state index is -3.37. The third-order valence-corrected chi connectivity index (χ3v) is 6.71. The lowest BCUT2D eigenvalue weighted by Crippen LogP contribution is -2.32. The largest absolute Gasteiger partial charge is 0.309 e. The van der Waals surface area contributed by atoms with Gasteiger partial charge in [0.05, 0.1) is 4.90 Å². The van der Waals surface area contributed by atoms with Gasteiger partial charge in [-0.2, -0.15) is 11.8 Å². The summed E-state index contributed by atoms with van der Waals surface area (Å²) in [6, 6.07) is 5.42. The van der Waals surface area contributed by atoms with Crippen LogP contribution in [0.5, 0.6) is 0 Å². The normalized spacial score (nSPS) is 22.7. The lowest BCUT2D eigenvalue weighted by atomic mass is 10.1. The molecule has 1 saturated heterocycles. The van der Waals surface area contributed by atoms with Gasteiger partial charge in [-0.15, -0.1) is 0 Å². The maximum atomic E-state index is 12.3. The molecule has 2 N–H and O–H groups in total. The van der Waals surface area contributed by atoms with E-state index in [9.17, 15) is 8.42 Å². The fourth-order valence-corrected chi connectivity index (χ4v) is 5.17. The van der Waals surface area contributed by atoms with Gasteiger partial charge in [0.25, 0.3) is 0 Å². The van der Waals surface area contributed by atoms with Crippen molar-refractivity contribution >= 4 is 21.8 Å². The van der Waals surface area contributed by atoms with Crippen LogP contribution in [0.3, 0.4) is 0 Å². The van der Waals surface area contributed by atoms with Crippen molar-refractivity contribution in [2.75, 3.05) is 12.3 Å². The minimum Gasteiger partial charge on any atom is -0.309 e. The van der Waals surface area contributed by atoms with Gasteiger partial charge in [0.1, 0.15) is 0 Å². The maximum absolute atomic E-state index is 12.3. The molecule has 110 valence electrons. The van der Waals surface area contributed by atoms with Crippen LogP contribution in [0.25, 0.3) is 0 Å². The van der Waals surface area contributed by atoms with E-state index in [2.05, 4.69) is 10.0 Å². The molecule has 0 amide bonds. The first-order valence-corrected chi connectivity index (χ1v) is 9.62. The quantitative estimate of drug-likeness (QED) is 0.891. The van der Waals surface area contributed by atoms with E-state index in [1.165, 1.54) is 18.4 Å². The Bertz CT molecular complexity index is 581. The Morgan fingerprint density at radius 3 is 2.90 bits per heavy atom. The second-order valence-electron chi connectivity index (χ2n) is 5.37. The molecule has 6 heteroatoms. The highest BCUT2D eigenvalue weighted by Gasteiger charge is 2.21. The Labute approximate surface area is 124 Å². The number of rotatable bonds is 4. The van der Waals surface area contributed by atoms with Crippen LogP contribution in [0.1, 0.15) is 30.4 Å². The van der Waals surface area contributed by atoms with Crippen molar-refractivity contribution in [1.82, 2.24) is 10.0 Å². The number of nitrogens with one attached hydrogen (secondary N) is 2. The van der Waals surface area contributed by atoms with Crippen LogP contribution in [0.2, 0.25) is 0 Å². The van der Waals surface area contributed by atoms with Gasteiger partial charge in [0.15, 0.2) is 0 Å². The van der Waals surface area contributed by atoms with E-state index in [4.69, 9.17) is 0 Å². The summed E-state index contributed by atoms with van der Waals surface area (Å²) in [7, 11) is -3.37. The molecule has 1 fully saturated rings. The molecule has 0 radical (unpaired) electrons. The molecule has 1 unspecified atom stereocenters. The Hall–Kier alpha value is -0.560. The van der Waals surface area contributed by atoms with Gasteiger partial charge in [-0.05, 0) is 41.9 Å². The number of hydrogen-bond donors (Lipinski definition) is 2. The third-order valence-electron chi connectivity index (χ3n) is 3.89. The van der Waals surface area contributed by atoms with E-state index >= 15 is 0 Å². The Morgan fingerprint density at radius 1 is 1.25 bits per heavy atom. The van der Waals surface area contributed by atoms with Crippen molar-refractivity contribution in [2.24, 2.45) is 0 Å². The molecule has 0 bridgehead atoms. The van der Waals surface area contributed by atoms with Gasteiger partial charge < -0.3 is 5.32 Å². The summed E-state index contributed by atoms with van der Waals surface area (Å²) in [5.74, 6) is 1.15. The molecule has 2 heterocycles. The second kappa shape index (κ2) is 6.05. The summed E-state index contributed by atoms with van der Waals surface area (Å²) in [6.45, 7) is 2.14. The first-order valence-electron chi connectivity index (χ1n) is 7.09. The summed E-state index contributed by atoms with van der Waals surface area (Å²) in [5.41, 5.74) is 2.30. The Morgan fingerprint density at radius 2 is 2.10 bits per heavy atom. The highest BCUT2D eigenvalue weighted by molar-refractivity contribution is 8.00. The second-order valence-corrected chi connectivity index (χ2v) is 8.55. The van der Waals surface area contributed by atoms with Crippen LogP contribution >= 0.6 is 11.8 Å². The van der Waals surface area contributed by atoms with Crippen LogP contribution in [-0.4, -0.2) is 26.0 Å². The number of fused-ring (bicyclic) bond motifs is 1. The molecule has 1 aromatic carbocycles. The average Bonchev–Trinajstić information content (AvgIpc) is 2.94. The minimum absolute atomic E-state index is 0.390. The van der Waals surface area contributed by atoms with Gasteiger partial charge in [0, 0.05) is 24.9 Å². The average molecular weight is 312 g/mol. The van der Waals surface area contributed by atoms with Gasteiger partial charge in [0.2, 0.25) is 10.0 Å². The zero-order valence-corrected chi connectivity index (χ0v) is 13.0. The van der Waals surface area contributed by atoms with Crippen molar-refractivity contribution in [3.63, 3.8) is 0 Å². The molecule has 20 heavy (non-hydrogen) atoms. The number of thioether (sulfide) groups is 1. The van der Waals surface area contributed by atoms with Crippen LogP contribution in [-0.2, 0) is 23.1 Å². The van der Waals surface area contributed by atoms with Crippen LogP contribution < -0.4 is 10.0 Å². The first kappa shape index (κ1) is 14.4. The summed E-state index contributed by atoms with van der Waals surface area (Å²) in [4.78, 5) is 0.390. The number of hydrogen-bond acceptors (Lipinski definition) is 4. The first-order chi connectivity index (χ1) is 9.65. The molecule has 0 saturated carbocycles. The van der Waals surface area contributed by atoms with Crippen LogP contribution in [0.15, 0.2) is 23.1 Å². The number of benzene rings is 1. The van der Waals surface area contributed by atoms with Gasteiger partial charge in [-0.1, -0.05) is 12.5 Å². The summed E-state index contributed by atoms with van der Waals surface area (Å²) in [6.07, 6.45) is 3.58. The highest BCUT2D eigenvalue weighted by atomic mass is 32.2. The van der Waals surface area contributed by atoms with Gasteiger partial charge in [-0.3, -0.25) is 0 Å². The molecular weight excluding hydrogens is 292 g/mol. The van der Waals surface area contributed by atoms with Crippen LogP contribution in [0, 0.1) is 0 Å². The third kappa shape index (κ3) is 3.19. The lowest BCUT2D eigenvalue weighted by Gasteiger charge is -2.21. The summed E-state index contributed by atoms with van der Waals surface area (Å²) in [5, 5.41) is 3.66.